The van der Waals surface area contributed by atoms with Gasteiger partial charge in [0.25, 0.3) is 0 Å². The number of nitrogens with zero attached hydrogens (tertiary/aromatic N) is 1. The summed E-state index contributed by atoms with van der Waals surface area (Å²) in [6.07, 6.45) is 6.27. The Labute approximate surface area is 117 Å². The lowest BCUT2D eigenvalue weighted by Gasteiger charge is -2.32. The molecule has 1 aliphatic carbocycles. The van der Waals surface area contributed by atoms with Gasteiger partial charge in [-0.25, -0.2) is 0 Å². The van der Waals surface area contributed by atoms with Crippen LogP contribution in [0.2, 0.25) is 0 Å². The summed E-state index contributed by atoms with van der Waals surface area (Å²) >= 11 is 0. The number of benzene rings is 1. The van der Waals surface area contributed by atoms with E-state index >= 15 is 0 Å². The Balaban J connectivity index is 1.97. The highest BCUT2D eigenvalue weighted by Crippen LogP contribution is 2.25. The predicted molar refractivity (Wildman–Crippen MR) is 80.4 cm³/mol. The van der Waals surface area contributed by atoms with Gasteiger partial charge in [0.15, 0.2) is 0 Å². The maximum absolute atomic E-state index is 10.5. The second kappa shape index (κ2) is 6.53. The van der Waals surface area contributed by atoms with Crippen LogP contribution in [0.3, 0.4) is 0 Å². The minimum atomic E-state index is -0.368. The van der Waals surface area contributed by atoms with Crippen LogP contribution < -0.4 is 0 Å². The number of aryl methyl sites for hydroxylation is 2. The molecule has 0 bridgehead atoms. The molecule has 0 radical (unpaired) electrons. The molecule has 1 atom stereocenters. The number of rotatable bonds is 4. The Morgan fingerprint density at radius 1 is 1.21 bits per heavy atom. The molecule has 0 aliphatic heterocycles. The minimum absolute atomic E-state index is 0.368. The molecule has 0 spiro atoms. The number of aliphatic hydroxyl groups excluding tert-OH is 1. The molecule has 0 amide bonds. The normalized spacial score (nSPS) is 18.8. The summed E-state index contributed by atoms with van der Waals surface area (Å²) in [5, 5.41) is 10.5. The van der Waals surface area contributed by atoms with Gasteiger partial charge in [-0.3, -0.25) is 0 Å². The third-order valence-corrected chi connectivity index (χ3v) is 4.44. The molecular weight excluding hydrogens is 234 g/mol. The average molecular weight is 261 g/mol. The van der Waals surface area contributed by atoms with Crippen LogP contribution in [-0.2, 0) is 0 Å². The van der Waals surface area contributed by atoms with Crippen LogP contribution in [0, 0.1) is 13.8 Å². The Morgan fingerprint density at radius 2 is 1.89 bits per heavy atom. The second-order valence-electron chi connectivity index (χ2n) is 6.11. The standard InChI is InChI=1S/C17H27NO/c1-13-9-10-16(14(2)11-13)17(19)12-18(3)15-7-5-4-6-8-15/h9-11,15,17,19H,4-8,12H2,1-3H3. The highest BCUT2D eigenvalue weighted by molar-refractivity contribution is 5.32. The molecule has 0 heterocycles. The molecule has 1 fully saturated rings. The molecule has 0 saturated heterocycles. The summed E-state index contributed by atoms with van der Waals surface area (Å²) in [6, 6.07) is 6.98. The van der Waals surface area contributed by atoms with Gasteiger partial charge in [-0.15, -0.1) is 0 Å². The molecule has 1 aliphatic rings. The summed E-state index contributed by atoms with van der Waals surface area (Å²) < 4.78 is 0. The Hall–Kier alpha value is -0.860. The van der Waals surface area contributed by atoms with Crippen molar-refractivity contribution in [2.45, 2.75) is 58.1 Å². The summed E-state index contributed by atoms with van der Waals surface area (Å²) in [4.78, 5) is 2.35. The largest absolute Gasteiger partial charge is 0.387 e. The van der Waals surface area contributed by atoms with E-state index in [1.165, 1.54) is 43.2 Å². The first-order valence-electron chi connectivity index (χ1n) is 7.53. The van der Waals surface area contributed by atoms with Crippen molar-refractivity contribution in [1.29, 1.82) is 0 Å². The fourth-order valence-corrected chi connectivity index (χ4v) is 3.24. The zero-order valence-corrected chi connectivity index (χ0v) is 12.5. The van der Waals surface area contributed by atoms with Crippen molar-refractivity contribution in [1.82, 2.24) is 4.90 Å². The fourth-order valence-electron chi connectivity index (χ4n) is 3.24. The van der Waals surface area contributed by atoms with Gasteiger partial charge in [0.2, 0.25) is 0 Å². The zero-order valence-electron chi connectivity index (χ0n) is 12.5. The van der Waals surface area contributed by atoms with Crippen molar-refractivity contribution in [3.63, 3.8) is 0 Å². The lowest BCUT2D eigenvalue weighted by Crippen LogP contribution is -2.36. The molecule has 1 unspecified atom stereocenters. The van der Waals surface area contributed by atoms with Crippen LogP contribution in [0.4, 0.5) is 0 Å². The molecule has 2 nitrogen and oxygen atoms in total. The van der Waals surface area contributed by atoms with Gasteiger partial charge in [0.1, 0.15) is 0 Å². The van der Waals surface area contributed by atoms with E-state index in [9.17, 15) is 5.11 Å². The second-order valence-corrected chi connectivity index (χ2v) is 6.11. The Kier molecular flexibility index (Phi) is 5.00. The Morgan fingerprint density at radius 3 is 2.53 bits per heavy atom. The van der Waals surface area contributed by atoms with E-state index in [4.69, 9.17) is 0 Å². The first-order valence-corrected chi connectivity index (χ1v) is 7.53. The van der Waals surface area contributed by atoms with Gasteiger partial charge in [0.05, 0.1) is 6.10 Å². The number of likely N-dealkylation sites (N-methyl/N-ethyl adjacent to an activating group) is 1. The van der Waals surface area contributed by atoms with Gasteiger partial charge < -0.3 is 10.0 Å². The summed E-state index contributed by atoms with van der Waals surface area (Å²) in [5.74, 6) is 0. The number of aliphatic hydroxyl groups is 1. The van der Waals surface area contributed by atoms with Crippen molar-refractivity contribution in [3.05, 3.63) is 34.9 Å². The molecule has 2 rings (SSSR count). The molecule has 106 valence electrons. The van der Waals surface area contributed by atoms with Crippen molar-refractivity contribution >= 4 is 0 Å². The lowest BCUT2D eigenvalue weighted by atomic mass is 9.93. The summed E-state index contributed by atoms with van der Waals surface area (Å²) in [5.41, 5.74) is 3.53. The Bertz CT molecular complexity index is 410. The van der Waals surface area contributed by atoms with Gasteiger partial charge in [-0.05, 0) is 44.9 Å². The summed E-state index contributed by atoms with van der Waals surface area (Å²) in [6.45, 7) is 4.93. The fraction of sp³-hybridized carbons (Fsp3) is 0.647. The van der Waals surface area contributed by atoms with E-state index in [1.807, 2.05) is 0 Å². The van der Waals surface area contributed by atoms with E-state index in [1.54, 1.807) is 0 Å². The zero-order chi connectivity index (χ0) is 13.8. The van der Waals surface area contributed by atoms with E-state index in [2.05, 4.69) is 44.0 Å². The molecule has 0 aromatic heterocycles. The molecule has 2 heteroatoms. The average Bonchev–Trinajstić information content (AvgIpc) is 2.39. The maximum Gasteiger partial charge on any atom is 0.0919 e. The van der Waals surface area contributed by atoms with Crippen molar-refractivity contribution in [2.75, 3.05) is 13.6 Å². The van der Waals surface area contributed by atoms with Crippen LogP contribution in [-0.4, -0.2) is 29.6 Å². The van der Waals surface area contributed by atoms with Crippen molar-refractivity contribution in [2.24, 2.45) is 0 Å². The van der Waals surface area contributed by atoms with E-state index in [-0.39, 0.29) is 6.10 Å². The first kappa shape index (κ1) is 14.5. The van der Waals surface area contributed by atoms with Gasteiger partial charge in [-0.2, -0.15) is 0 Å². The van der Waals surface area contributed by atoms with E-state index in [0.29, 0.717) is 6.04 Å². The number of hydrogen-bond acceptors (Lipinski definition) is 2. The summed E-state index contributed by atoms with van der Waals surface area (Å²) in [7, 11) is 2.16. The molecular formula is C17H27NO. The van der Waals surface area contributed by atoms with Gasteiger partial charge in [-0.1, -0.05) is 43.0 Å². The van der Waals surface area contributed by atoms with Crippen molar-refractivity contribution < 1.29 is 5.11 Å². The SMILES string of the molecule is Cc1ccc(C(O)CN(C)C2CCCCC2)c(C)c1. The highest BCUT2D eigenvalue weighted by Gasteiger charge is 2.21. The van der Waals surface area contributed by atoms with Crippen LogP contribution in [0.15, 0.2) is 18.2 Å². The van der Waals surface area contributed by atoms with Gasteiger partial charge >= 0.3 is 0 Å². The number of hydrogen-bond donors (Lipinski definition) is 1. The predicted octanol–water partition coefficient (Wildman–Crippen LogP) is 3.60. The van der Waals surface area contributed by atoms with E-state index < -0.39 is 0 Å². The van der Waals surface area contributed by atoms with Gasteiger partial charge in [0, 0.05) is 12.6 Å². The molecule has 1 N–H and O–H groups in total. The monoisotopic (exact) mass is 261 g/mol. The maximum atomic E-state index is 10.5. The molecule has 1 aromatic rings. The van der Waals surface area contributed by atoms with Crippen LogP contribution in [0.5, 0.6) is 0 Å². The third kappa shape index (κ3) is 3.80. The molecule has 1 aromatic carbocycles. The molecule has 19 heavy (non-hydrogen) atoms. The van der Waals surface area contributed by atoms with Crippen LogP contribution >= 0.6 is 0 Å². The van der Waals surface area contributed by atoms with E-state index in [0.717, 1.165) is 12.1 Å². The van der Waals surface area contributed by atoms with Crippen molar-refractivity contribution in [3.8, 4) is 0 Å². The first-order chi connectivity index (χ1) is 9.08. The quantitative estimate of drug-likeness (QED) is 0.895. The smallest absolute Gasteiger partial charge is 0.0919 e. The third-order valence-electron chi connectivity index (χ3n) is 4.44. The van der Waals surface area contributed by atoms with Crippen LogP contribution in [0.1, 0.15) is 54.9 Å². The topological polar surface area (TPSA) is 23.5 Å². The molecule has 1 saturated carbocycles. The van der Waals surface area contributed by atoms with Crippen LogP contribution in [0.25, 0.3) is 0 Å². The highest BCUT2D eigenvalue weighted by atomic mass is 16.3. The minimum Gasteiger partial charge on any atom is -0.387 e. The lowest BCUT2D eigenvalue weighted by molar-refractivity contribution is 0.0910.